The van der Waals surface area contributed by atoms with Gasteiger partial charge < -0.3 is 19.4 Å². The lowest BCUT2D eigenvalue weighted by atomic mass is 9.75. The van der Waals surface area contributed by atoms with Crippen LogP contribution in [0.15, 0.2) is 34.7 Å². The zero-order valence-corrected chi connectivity index (χ0v) is 15.6. The normalized spacial score (nSPS) is 25.5. The van der Waals surface area contributed by atoms with Gasteiger partial charge in [0, 0.05) is 36.6 Å². The second kappa shape index (κ2) is 7.28. The fraction of sp³-hybridized carbons (Fsp3) is 0.450. The van der Waals surface area contributed by atoms with Crippen LogP contribution in [0.3, 0.4) is 0 Å². The Morgan fingerprint density at radius 1 is 1.33 bits per heavy atom. The first-order chi connectivity index (χ1) is 13.0. The molecule has 144 valence electrons. The molecule has 7 heteroatoms. The Morgan fingerprint density at radius 2 is 2.19 bits per heavy atom. The van der Waals surface area contributed by atoms with E-state index in [1.54, 1.807) is 12.1 Å². The number of aromatic carboxylic acids is 1. The number of furan rings is 1. The summed E-state index contributed by atoms with van der Waals surface area (Å²) in [6.07, 6.45) is 0.886. The number of ether oxygens (including phenoxy) is 1. The van der Waals surface area contributed by atoms with E-state index in [0.717, 1.165) is 25.3 Å². The molecule has 2 aromatic rings. The number of carboxylic acid groups (broad SMARTS) is 1. The van der Waals surface area contributed by atoms with Gasteiger partial charge in [-0.15, -0.1) is 0 Å². The summed E-state index contributed by atoms with van der Waals surface area (Å²) in [5.74, 6) is 0.704. The van der Waals surface area contributed by atoms with E-state index in [4.69, 9.17) is 20.8 Å². The molecule has 27 heavy (non-hydrogen) atoms. The third kappa shape index (κ3) is 3.50. The topological polar surface area (TPSA) is 83.1 Å². The lowest BCUT2D eigenvalue weighted by Crippen LogP contribution is -2.41. The first-order valence-electron chi connectivity index (χ1n) is 9.04. The number of hydrogen-bond donors (Lipinski definition) is 2. The molecule has 3 heterocycles. The highest BCUT2D eigenvalue weighted by molar-refractivity contribution is 6.33. The van der Waals surface area contributed by atoms with Crippen LogP contribution >= 0.6 is 11.6 Å². The van der Waals surface area contributed by atoms with Crippen molar-refractivity contribution in [1.82, 2.24) is 4.90 Å². The number of rotatable bonds is 5. The van der Waals surface area contributed by atoms with Gasteiger partial charge >= 0.3 is 5.97 Å². The molecule has 1 aromatic heterocycles. The lowest BCUT2D eigenvalue weighted by Gasteiger charge is -2.36. The summed E-state index contributed by atoms with van der Waals surface area (Å²) in [5, 5.41) is 19.3. The Labute approximate surface area is 162 Å². The van der Waals surface area contributed by atoms with E-state index in [1.807, 2.05) is 12.1 Å². The summed E-state index contributed by atoms with van der Waals surface area (Å²) < 4.78 is 11.5. The number of nitrogens with zero attached hydrogens (tertiary/aromatic N) is 1. The average Bonchev–Trinajstić information content (AvgIpc) is 3.26. The molecule has 0 bridgehead atoms. The molecule has 0 spiro atoms. The largest absolute Gasteiger partial charge is 0.478 e. The average molecular weight is 392 g/mol. The third-order valence-corrected chi connectivity index (χ3v) is 6.11. The Morgan fingerprint density at radius 3 is 2.93 bits per heavy atom. The number of halogens is 1. The molecule has 0 amide bonds. The molecule has 2 atom stereocenters. The van der Waals surface area contributed by atoms with Gasteiger partial charge in [-0.3, -0.25) is 4.90 Å². The van der Waals surface area contributed by atoms with Gasteiger partial charge in [0.1, 0.15) is 11.5 Å². The van der Waals surface area contributed by atoms with Crippen molar-refractivity contribution in [2.75, 3.05) is 32.9 Å². The summed E-state index contributed by atoms with van der Waals surface area (Å²) in [6.45, 7) is 3.95. The number of aliphatic hydroxyl groups excluding tert-OH is 1. The van der Waals surface area contributed by atoms with Crippen LogP contribution in [0.25, 0.3) is 11.3 Å². The van der Waals surface area contributed by atoms with Gasteiger partial charge in [-0.05, 0) is 36.8 Å². The summed E-state index contributed by atoms with van der Waals surface area (Å²) in [7, 11) is 0. The second-order valence-electron chi connectivity index (χ2n) is 7.48. The smallest absolute Gasteiger partial charge is 0.337 e. The number of likely N-dealkylation sites (tertiary alicyclic amines) is 1. The maximum Gasteiger partial charge on any atom is 0.337 e. The van der Waals surface area contributed by atoms with Crippen LogP contribution in [0.4, 0.5) is 0 Å². The van der Waals surface area contributed by atoms with Crippen molar-refractivity contribution < 1.29 is 24.2 Å². The van der Waals surface area contributed by atoms with Gasteiger partial charge in [-0.2, -0.15) is 0 Å². The maximum absolute atomic E-state index is 11.3. The fourth-order valence-electron chi connectivity index (χ4n) is 4.22. The van der Waals surface area contributed by atoms with Crippen molar-refractivity contribution in [2.24, 2.45) is 11.3 Å². The first-order valence-corrected chi connectivity index (χ1v) is 9.41. The van der Waals surface area contributed by atoms with Crippen LogP contribution in [0.1, 0.15) is 22.5 Å². The van der Waals surface area contributed by atoms with E-state index >= 15 is 0 Å². The van der Waals surface area contributed by atoms with Gasteiger partial charge in [0.25, 0.3) is 0 Å². The van der Waals surface area contributed by atoms with E-state index < -0.39 is 5.97 Å². The van der Waals surface area contributed by atoms with Gasteiger partial charge in [-0.1, -0.05) is 11.6 Å². The molecule has 0 radical (unpaired) electrons. The van der Waals surface area contributed by atoms with Crippen molar-refractivity contribution in [3.63, 3.8) is 0 Å². The van der Waals surface area contributed by atoms with Crippen molar-refractivity contribution in [1.29, 1.82) is 0 Å². The molecule has 2 N–H and O–H groups in total. The standard InChI is InChI=1S/C20H22ClNO5/c21-17-3-1-13(7-16(17)19(24)25)18-4-2-15(27-18)9-22-8-14-10-26-6-5-20(14,11-22)12-23/h1-4,7,14,23H,5-6,8-12H2,(H,24,25)/t14-,20-/m1/s1. The van der Waals surface area contributed by atoms with Crippen LogP contribution in [-0.4, -0.2) is 54.0 Å². The number of fused-ring (bicyclic) bond motifs is 1. The molecule has 0 unspecified atom stereocenters. The minimum absolute atomic E-state index is 0.0561. The Bertz CT molecular complexity index is 851. The maximum atomic E-state index is 11.3. The van der Waals surface area contributed by atoms with Gasteiger partial charge in [0.05, 0.1) is 30.3 Å². The predicted octanol–water partition coefficient (Wildman–Crippen LogP) is 3.13. The van der Waals surface area contributed by atoms with E-state index in [9.17, 15) is 15.0 Å². The molecule has 1 aromatic carbocycles. The quantitative estimate of drug-likeness (QED) is 0.814. The van der Waals surface area contributed by atoms with E-state index in [0.29, 0.717) is 37.0 Å². The molecular weight excluding hydrogens is 370 g/mol. The number of carboxylic acids is 1. The third-order valence-electron chi connectivity index (χ3n) is 5.78. The zero-order chi connectivity index (χ0) is 19.0. The van der Waals surface area contributed by atoms with Crippen LogP contribution in [0.5, 0.6) is 0 Å². The molecule has 2 aliphatic heterocycles. The molecule has 2 aliphatic rings. The highest BCUT2D eigenvalue weighted by atomic mass is 35.5. The molecular formula is C20H22ClNO5. The Hall–Kier alpha value is -1.86. The zero-order valence-electron chi connectivity index (χ0n) is 14.9. The van der Waals surface area contributed by atoms with E-state index in [-0.39, 0.29) is 22.6 Å². The lowest BCUT2D eigenvalue weighted by molar-refractivity contribution is -0.0417. The van der Waals surface area contributed by atoms with Crippen LogP contribution in [0.2, 0.25) is 5.02 Å². The molecule has 0 saturated carbocycles. The van der Waals surface area contributed by atoms with Crippen LogP contribution in [-0.2, 0) is 11.3 Å². The first kappa shape index (κ1) is 18.5. The van der Waals surface area contributed by atoms with Crippen LogP contribution in [0, 0.1) is 11.3 Å². The van der Waals surface area contributed by atoms with Crippen molar-refractivity contribution in [3.8, 4) is 11.3 Å². The summed E-state index contributed by atoms with van der Waals surface area (Å²) >= 11 is 5.94. The molecule has 0 aliphatic carbocycles. The highest BCUT2D eigenvalue weighted by Crippen LogP contribution is 2.42. The SMILES string of the molecule is O=C(O)c1cc(-c2ccc(CN3C[C@@H]4COCC[C@]4(CO)C3)o2)ccc1Cl. The number of hydrogen-bond acceptors (Lipinski definition) is 5. The summed E-state index contributed by atoms with van der Waals surface area (Å²) in [6, 6.07) is 8.60. The number of aliphatic hydroxyl groups is 1. The number of benzene rings is 1. The molecule has 4 rings (SSSR count). The Balaban J connectivity index is 1.49. The minimum Gasteiger partial charge on any atom is -0.478 e. The van der Waals surface area contributed by atoms with Gasteiger partial charge in [-0.25, -0.2) is 4.79 Å². The predicted molar refractivity (Wildman–Crippen MR) is 99.8 cm³/mol. The number of carbonyl (C=O) groups is 1. The second-order valence-corrected chi connectivity index (χ2v) is 7.88. The van der Waals surface area contributed by atoms with Crippen molar-refractivity contribution >= 4 is 17.6 Å². The molecule has 2 saturated heterocycles. The minimum atomic E-state index is -1.06. The van der Waals surface area contributed by atoms with Gasteiger partial charge in [0.2, 0.25) is 0 Å². The van der Waals surface area contributed by atoms with E-state index in [2.05, 4.69) is 4.90 Å². The van der Waals surface area contributed by atoms with E-state index in [1.165, 1.54) is 6.07 Å². The highest BCUT2D eigenvalue weighted by Gasteiger charge is 2.47. The molecule has 2 fully saturated rings. The monoisotopic (exact) mass is 391 g/mol. The Kier molecular flexibility index (Phi) is 4.99. The van der Waals surface area contributed by atoms with Gasteiger partial charge in [0.15, 0.2) is 0 Å². The fourth-order valence-corrected chi connectivity index (χ4v) is 4.42. The van der Waals surface area contributed by atoms with Crippen molar-refractivity contribution in [3.05, 3.63) is 46.7 Å². The molecule has 6 nitrogen and oxygen atoms in total. The van der Waals surface area contributed by atoms with Crippen LogP contribution < -0.4 is 0 Å². The summed E-state index contributed by atoms with van der Waals surface area (Å²) in [4.78, 5) is 13.6. The van der Waals surface area contributed by atoms with Crippen molar-refractivity contribution in [2.45, 2.75) is 13.0 Å². The summed E-state index contributed by atoms with van der Waals surface area (Å²) in [5.41, 5.74) is 0.666.